The van der Waals surface area contributed by atoms with E-state index in [9.17, 15) is 0 Å². The smallest absolute Gasteiger partial charge is 0.269 e. The summed E-state index contributed by atoms with van der Waals surface area (Å²) < 4.78 is 9.79. The topological polar surface area (TPSA) is 18.5 Å². The number of methoxy groups -OCH3 is 2. The lowest BCUT2D eigenvalue weighted by molar-refractivity contribution is 0.0964. The Balaban J connectivity index is 3.63. The van der Waals surface area contributed by atoms with Gasteiger partial charge in [0, 0.05) is 0 Å². The fraction of sp³-hybridized carbons (Fsp3) is 0.714. The van der Waals surface area contributed by atoms with Gasteiger partial charge in [0.25, 0.3) is 5.95 Å². The average Bonchev–Trinajstić information content (AvgIpc) is 1.90. The molecule has 0 spiro atoms. The third kappa shape index (κ3) is 4.44. The van der Waals surface area contributed by atoms with Crippen LogP contribution in [0.2, 0.25) is 5.54 Å². The minimum atomic E-state index is 0.618. The second kappa shape index (κ2) is 5.35. The van der Waals surface area contributed by atoms with Crippen LogP contribution in [0.25, 0.3) is 0 Å². The summed E-state index contributed by atoms with van der Waals surface area (Å²) in [6.07, 6.45) is 0. The van der Waals surface area contributed by atoms with Crippen LogP contribution >= 0.6 is 0 Å². The lowest BCUT2D eigenvalue weighted by atomic mass is 10.6. The van der Waals surface area contributed by atoms with Gasteiger partial charge in [0.1, 0.15) is 0 Å². The molecule has 58 valence electrons. The molecule has 3 heteroatoms. The molecule has 0 aromatic rings. The molecule has 0 aromatic carbocycles. The fourth-order valence-electron chi connectivity index (χ4n) is 0.436. The Kier molecular flexibility index (Phi) is 5.11. The molecule has 0 unspecified atom stereocenters. The second-order valence-corrected chi connectivity index (χ2v) is 3.97. The largest absolute Gasteiger partial charge is 0.469 e. The number of hydrogen-bond acceptors (Lipinski definition) is 2. The highest BCUT2D eigenvalue weighted by atomic mass is 28.2. The van der Waals surface area contributed by atoms with E-state index < -0.39 is 0 Å². The van der Waals surface area contributed by atoms with Crippen molar-refractivity contribution in [2.45, 2.75) is 19.4 Å². The van der Waals surface area contributed by atoms with Crippen LogP contribution in [-0.2, 0) is 9.47 Å². The van der Waals surface area contributed by atoms with Gasteiger partial charge in [-0.3, -0.25) is 0 Å². The minimum absolute atomic E-state index is 0.618. The molecule has 0 aromatic heterocycles. The monoisotopic (exact) mass is 158 g/mol. The molecular weight excluding hydrogens is 144 g/mol. The Morgan fingerprint density at radius 3 is 2.10 bits per heavy atom. The SMILES string of the molecule is COC(=C[Si]C(C)C)OC. The molecule has 0 bridgehead atoms. The van der Waals surface area contributed by atoms with Gasteiger partial charge in [0.05, 0.1) is 23.7 Å². The molecule has 0 rings (SSSR count). The van der Waals surface area contributed by atoms with E-state index in [0.29, 0.717) is 11.5 Å². The van der Waals surface area contributed by atoms with Gasteiger partial charge in [-0.15, -0.1) is 0 Å². The van der Waals surface area contributed by atoms with Crippen molar-refractivity contribution < 1.29 is 9.47 Å². The molecular formula is C7H14O2Si. The summed E-state index contributed by atoms with van der Waals surface area (Å²) in [5.41, 5.74) is 2.66. The van der Waals surface area contributed by atoms with Crippen LogP contribution in [0.5, 0.6) is 0 Å². The maximum absolute atomic E-state index is 4.90. The van der Waals surface area contributed by atoms with Crippen LogP contribution in [0, 0.1) is 0 Å². The highest BCUT2D eigenvalue weighted by Crippen LogP contribution is 2.01. The molecule has 2 radical (unpaired) electrons. The van der Waals surface area contributed by atoms with Gasteiger partial charge in [0.2, 0.25) is 0 Å². The fourth-order valence-corrected chi connectivity index (χ4v) is 1.14. The van der Waals surface area contributed by atoms with Crippen molar-refractivity contribution in [3.63, 3.8) is 0 Å². The van der Waals surface area contributed by atoms with E-state index in [4.69, 9.17) is 9.47 Å². The van der Waals surface area contributed by atoms with Crippen LogP contribution in [0.15, 0.2) is 11.6 Å². The molecule has 10 heavy (non-hydrogen) atoms. The molecule has 0 saturated carbocycles. The quantitative estimate of drug-likeness (QED) is 0.457. The standard InChI is InChI=1S/C7H14O2Si/c1-6(2)10-5-7(8-3)9-4/h5-6H,1-4H3. The van der Waals surface area contributed by atoms with Crippen LogP contribution in [-0.4, -0.2) is 23.7 Å². The minimum Gasteiger partial charge on any atom is -0.469 e. The highest BCUT2D eigenvalue weighted by molar-refractivity contribution is 6.43. The molecule has 0 amide bonds. The van der Waals surface area contributed by atoms with Gasteiger partial charge < -0.3 is 9.47 Å². The molecule has 0 atom stereocenters. The molecule has 0 aliphatic heterocycles. The summed E-state index contributed by atoms with van der Waals surface area (Å²) >= 11 is 0. The second-order valence-electron chi connectivity index (χ2n) is 2.19. The van der Waals surface area contributed by atoms with Crippen molar-refractivity contribution >= 4 is 9.52 Å². The predicted molar refractivity (Wildman–Crippen MR) is 43.0 cm³/mol. The van der Waals surface area contributed by atoms with Gasteiger partial charge in [-0.25, -0.2) is 0 Å². The van der Waals surface area contributed by atoms with E-state index in [0.717, 1.165) is 9.52 Å². The van der Waals surface area contributed by atoms with E-state index in [1.807, 2.05) is 5.70 Å². The number of ether oxygens (including phenoxy) is 2. The van der Waals surface area contributed by atoms with Crippen molar-refractivity contribution in [1.29, 1.82) is 0 Å². The third-order valence-corrected chi connectivity index (χ3v) is 2.01. The van der Waals surface area contributed by atoms with Gasteiger partial charge in [0.15, 0.2) is 0 Å². The molecule has 0 aliphatic carbocycles. The summed E-state index contributed by atoms with van der Waals surface area (Å²) in [4.78, 5) is 0. The van der Waals surface area contributed by atoms with E-state index >= 15 is 0 Å². The normalized spacial score (nSPS) is 9.30. The molecule has 0 saturated heterocycles. The first kappa shape index (κ1) is 9.56. The zero-order valence-electron chi connectivity index (χ0n) is 6.97. The van der Waals surface area contributed by atoms with Crippen molar-refractivity contribution in [2.24, 2.45) is 0 Å². The van der Waals surface area contributed by atoms with E-state index in [2.05, 4.69) is 13.8 Å². The van der Waals surface area contributed by atoms with Crippen molar-refractivity contribution in [3.8, 4) is 0 Å². The van der Waals surface area contributed by atoms with Crippen LogP contribution in [0.1, 0.15) is 13.8 Å². The Labute approximate surface area is 65.0 Å². The van der Waals surface area contributed by atoms with Crippen LogP contribution in [0.4, 0.5) is 0 Å². The molecule has 0 N–H and O–H groups in total. The summed E-state index contributed by atoms with van der Waals surface area (Å²) in [6.45, 7) is 4.33. The van der Waals surface area contributed by atoms with E-state index in [-0.39, 0.29) is 0 Å². The summed E-state index contributed by atoms with van der Waals surface area (Å²) in [5.74, 6) is 0.618. The van der Waals surface area contributed by atoms with Crippen molar-refractivity contribution in [1.82, 2.24) is 0 Å². The molecule has 0 aliphatic rings. The Hall–Kier alpha value is -0.443. The Morgan fingerprint density at radius 1 is 1.30 bits per heavy atom. The first-order valence-corrected chi connectivity index (χ1v) is 4.40. The maximum Gasteiger partial charge on any atom is 0.269 e. The van der Waals surface area contributed by atoms with Crippen molar-refractivity contribution in [2.75, 3.05) is 14.2 Å². The summed E-state index contributed by atoms with van der Waals surface area (Å²) in [6, 6.07) is 0. The van der Waals surface area contributed by atoms with Crippen molar-refractivity contribution in [3.05, 3.63) is 11.6 Å². The predicted octanol–water partition coefficient (Wildman–Crippen LogP) is 1.61. The Bertz CT molecular complexity index is 104. The molecule has 0 heterocycles. The summed E-state index contributed by atoms with van der Waals surface area (Å²) in [5, 5.41) is 0. The lowest BCUT2D eigenvalue weighted by Crippen LogP contribution is -1.96. The first-order chi connectivity index (χ1) is 4.70. The third-order valence-electron chi connectivity index (χ3n) is 0.937. The number of hydrogen-bond donors (Lipinski definition) is 0. The summed E-state index contributed by atoms with van der Waals surface area (Å²) in [7, 11) is 3.99. The van der Waals surface area contributed by atoms with E-state index in [1.165, 1.54) is 0 Å². The van der Waals surface area contributed by atoms with Crippen LogP contribution < -0.4 is 0 Å². The van der Waals surface area contributed by atoms with Crippen LogP contribution in [0.3, 0.4) is 0 Å². The average molecular weight is 158 g/mol. The maximum atomic E-state index is 4.90. The van der Waals surface area contributed by atoms with Gasteiger partial charge >= 0.3 is 0 Å². The van der Waals surface area contributed by atoms with Gasteiger partial charge in [-0.1, -0.05) is 19.4 Å². The van der Waals surface area contributed by atoms with Gasteiger partial charge in [-0.05, 0) is 5.70 Å². The Morgan fingerprint density at radius 2 is 1.80 bits per heavy atom. The number of rotatable bonds is 4. The first-order valence-electron chi connectivity index (χ1n) is 3.25. The zero-order valence-corrected chi connectivity index (χ0v) is 7.97. The lowest BCUT2D eigenvalue weighted by Gasteiger charge is -2.03. The van der Waals surface area contributed by atoms with Gasteiger partial charge in [-0.2, -0.15) is 0 Å². The highest BCUT2D eigenvalue weighted by Gasteiger charge is 1.95. The molecule has 0 fully saturated rings. The molecule has 2 nitrogen and oxygen atoms in total. The zero-order chi connectivity index (χ0) is 7.98. The van der Waals surface area contributed by atoms with E-state index in [1.54, 1.807) is 14.2 Å².